The first kappa shape index (κ1) is 13.4. The zero-order valence-electron chi connectivity index (χ0n) is 10.8. The molecule has 1 aliphatic rings. The average molecular weight is 269 g/mol. The van der Waals surface area contributed by atoms with E-state index in [0.29, 0.717) is 13.0 Å². The third-order valence-electron chi connectivity index (χ3n) is 3.36. The summed E-state index contributed by atoms with van der Waals surface area (Å²) >= 11 is 0. The summed E-state index contributed by atoms with van der Waals surface area (Å²) < 4.78 is 28.2. The van der Waals surface area contributed by atoms with Gasteiger partial charge in [0.05, 0.1) is 18.6 Å². The number of ether oxygens (including phenoxy) is 1. The molecular weight excluding hydrogens is 250 g/mol. The van der Waals surface area contributed by atoms with Crippen molar-refractivity contribution >= 4 is 9.84 Å². The lowest BCUT2D eigenvalue weighted by Crippen LogP contribution is -2.42. The van der Waals surface area contributed by atoms with E-state index in [2.05, 4.69) is 5.32 Å². The molecule has 4 nitrogen and oxygen atoms in total. The summed E-state index contributed by atoms with van der Waals surface area (Å²) in [5, 5.41) is 3.35. The number of rotatable bonds is 4. The van der Waals surface area contributed by atoms with Crippen molar-refractivity contribution in [2.45, 2.75) is 25.4 Å². The minimum Gasteiger partial charge on any atom is -0.497 e. The molecular formula is C13H19NO3S. The number of benzene rings is 1. The smallest absolute Gasteiger partial charge is 0.152 e. The molecule has 100 valence electrons. The Kier molecular flexibility index (Phi) is 3.64. The molecule has 1 N–H and O–H groups in total. The fraction of sp³-hybridized carbons (Fsp3) is 0.538. The molecule has 0 amide bonds. The van der Waals surface area contributed by atoms with Crippen molar-refractivity contribution < 1.29 is 13.2 Å². The Balaban J connectivity index is 1.99. The topological polar surface area (TPSA) is 55.4 Å². The summed E-state index contributed by atoms with van der Waals surface area (Å²) in [7, 11) is -1.22. The zero-order valence-corrected chi connectivity index (χ0v) is 11.6. The van der Waals surface area contributed by atoms with Crippen molar-refractivity contribution in [3.05, 3.63) is 29.8 Å². The third-order valence-corrected chi connectivity index (χ3v) is 5.26. The van der Waals surface area contributed by atoms with Gasteiger partial charge in [0.15, 0.2) is 9.84 Å². The number of sulfone groups is 1. The van der Waals surface area contributed by atoms with E-state index in [1.807, 2.05) is 31.2 Å². The predicted octanol–water partition coefficient (Wildman–Crippen LogP) is 1.36. The van der Waals surface area contributed by atoms with E-state index in [9.17, 15) is 8.42 Å². The van der Waals surface area contributed by atoms with Gasteiger partial charge in [-0.1, -0.05) is 12.1 Å². The van der Waals surface area contributed by atoms with Crippen LogP contribution in [0.2, 0.25) is 0 Å². The van der Waals surface area contributed by atoms with Crippen LogP contribution in [0, 0.1) is 0 Å². The molecule has 5 heteroatoms. The van der Waals surface area contributed by atoms with Gasteiger partial charge in [-0.2, -0.15) is 0 Å². The van der Waals surface area contributed by atoms with Crippen LogP contribution in [0.25, 0.3) is 0 Å². The maximum Gasteiger partial charge on any atom is 0.152 e. The molecule has 0 radical (unpaired) electrons. The van der Waals surface area contributed by atoms with E-state index >= 15 is 0 Å². The van der Waals surface area contributed by atoms with Gasteiger partial charge in [0.1, 0.15) is 5.75 Å². The number of hydrogen-bond acceptors (Lipinski definition) is 4. The Morgan fingerprint density at radius 2 is 2.22 bits per heavy atom. The monoisotopic (exact) mass is 269 g/mol. The molecule has 0 spiro atoms. The second-order valence-electron chi connectivity index (χ2n) is 5.11. The Morgan fingerprint density at radius 3 is 2.83 bits per heavy atom. The normalized spacial score (nSPS) is 26.1. The van der Waals surface area contributed by atoms with Crippen LogP contribution in [0.15, 0.2) is 24.3 Å². The van der Waals surface area contributed by atoms with Gasteiger partial charge in [0.25, 0.3) is 0 Å². The SMILES string of the molecule is COc1cccc(CNC2(C)CCS(=O)(=O)C2)c1. The van der Waals surface area contributed by atoms with Crippen molar-refractivity contribution in [2.75, 3.05) is 18.6 Å². The van der Waals surface area contributed by atoms with Gasteiger partial charge in [-0.05, 0) is 31.0 Å². The molecule has 1 aliphatic heterocycles. The molecule has 0 aromatic heterocycles. The van der Waals surface area contributed by atoms with Crippen LogP contribution in [0.5, 0.6) is 5.75 Å². The first-order valence-corrected chi connectivity index (χ1v) is 7.83. The Hall–Kier alpha value is -1.07. The van der Waals surface area contributed by atoms with Gasteiger partial charge in [0.2, 0.25) is 0 Å². The van der Waals surface area contributed by atoms with Gasteiger partial charge in [-0.25, -0.2) is 8.42 Å². The average Bonchev–Trinajstić information content (AvgIpc) is 2.62. The van der Waals surface area contributed by atoms with E-state index in [1.165, 1.54) is 0 Å². The highest BCUT2D eigenvalue weighted by molar-refractivity contribution is 7.91. The van der Waals surface area contributed by atoms with Gasteiger partial charge in [-0.15, -0.1) is 0 Å². The van der Waals surface area contributed by atoms with Crippen molar-refractivity contribution in [1.29, 1.82) is 0 Å². The lowest BCUT2D eigenvalue weighted by molar-refractivity contribution is 0.392. The number of nitrogens with one attached hydrogen (secondary N) is 1. The highest BCUT2D eigenvalue weighted by Gasteiger charge is 2.37. The van der Waals surface area contributed by atoms with Crippen LogP contribution in [0.4, 0.5) is 0 Å². The number of hydrogen-bond donors (Lipinski definition) is 1. The quantitative estimate of drug-likeness (QED) is 0.897. The predicted molar refractivity (Wildman–Crippen MR) is 71.5 cm³/mol. The molecule has 1 unspecified atom stereocenters. The first-order chi connectivity index (χ1) is 8.42. The van der Waals surface area contributed by atoms with E-state index in [1.54, 1.807) is 7.11 Å². The second-order valence-corrected chi connectivity index (χ2v) is 7.29. The maximum atomic E-state index is 11.5. The summed E-state index contributed by atoms with van der Waals surface area (Å²) in [6.07, 6.45) is 0.680. The van der Waals surface area contributed by atoms with Crippen LogP contribution < -0.4 is 10.1 Å². The van der Waals surface area contributed by atoms with Gasteiger partial charge >= 0.3 is 0 Å². The van der Waals surface area contributed by atoms with Crippen LogP contribution in [-0.4, -0.2) is 32.6 Å². The highest BCUT2D eigenvalue weighted by atomic mass is 32.2. The summed E-state index contributed by atoms with van der Waals surface area (Å²) in [6, 6.07) is 7.79. The molecule has 1 fully saturated rings. The van der Waals surface area contributed by atoms with Crippen LogP contribution in [0.3, 0.4) is 0 Å². The fourth-order valence-electron chi connectivity index (χ4n) is 2.25. The summed E-state index contributed by atoms with van der Waals surface area (Å²) in [6.45, 7) is 2.63. The highest BCUT2D eigenvalue weighted by Crippen LogP contribution is 2.23. The molecule has 1 saturated heterocycles. The van der Waals surface area contributed by atoms with E-state index in [-0.39, 0.29) is 17.0 Å². The molecule has 0 saturated carbocycles. The molecule has 18 heavy (non-hydrogen) atoms. The Labute approximate surface area is 108 Å². The van der Waals surface area contributed by atoms with Crippen LogP contribution in [0.1, 0.15) is 18.9 Å². The van der Waals surface area contributed by atoms with Gasteiger partial charge in [-0.3, -0.25) is 0 Å². The molecule has 1 aromatic carbocycles. The molecule has 1 heterocycles. The Bertz CT molecular complexity index is 527. The summed E-state index contributed by atoms with van der Waals surface area (Å²) in [4.78, 5) is 0. The van der Waals surface area contributed by atoms with Crippen LogP contribution in [-0.2, 0) is 16.4 Å². The molecule has 0 aliphatic carbocycles. The second kappa shape index (κ2) is 4.90. The fourth-order valence-corrected chi connectivity index (χ4v) is 4.37. The lowest BCUT2D eigenvalue weighted by Gasteiger charge is -2.24. The standard InChI is InChI=1S/C13H19NO3S/c1-13(6-7-18(15,16)10-13)14-9-11-4-3-5-12(8-11)17-2/h3-5,8,14H,6-7,9-10H2,1-2H3. The van der Waals surface area contributed by atoms with E-state index < -0.39 is 9.84 Å². The van der Waals surface area contributed by atoms with Gasteiger partial charge in [0, 0.05) is 12.1 Å². The van der Waals surface area contributed by atoms with E-state index in [4.69, 9.17) is 4.74 Å². The third kappa shape index (κ3) is 3.23. The minimum absolute atomic E-state index is 0.226. The largest absolute Gasteiger partial charge is 0.497 e. The molecule has 0 bridgehead atoms. The Morgan fingerprint density at radius 1 is 1.44 bits per heavy atom. The first-order valence-electron chi connectivity index (χ1n) is 6.01. The number of methoxy groups -OCH3 is 1. The van der Waals surface area contributed by atoms with E-state index in [0.717, 1.165) is 11.3 Å². The lowest BCUT2D eigenvalue weighted by atomic mass is 10.0. The minimum atomic E-state index is -2.86. The summed E-state index contributed by atoms with van der Waals surface area (Å²) in [5.41, 5.74) is 0.793. The zero-order chi connectivity index (χ0) is 13.2. The van der Waals surface area contributed by atoms with Crippen LogP contribution >= 0.6 is 0 Å². The van der Waals surface area contributed by atoms with Crippen molar-refractivity contribution in [1.82, 2.24) is 5.32 Å². The molecule has 1 atom stereocenters. The molecule has 1 aromatic rings. The van der Waals surface area contributed by atoms with Crippen molar-refractivity contribution in [3.8, 4) is 5.75 Å². The van der Waals surface area contributed by atoms with Crippen molar-refractivity contribution in [2.24, 2.45) is 0 Å². The maximum absolute atomic E-state index is 11.5. The van der Waals surface area contributed by atoms with Crippen molar-refractivity contribution in [3.63, 3.8) is 0 Å². The molecule has 2 rings (SSSR count). The summed E-state index contributed by atoms with van der Waals surface area (Å²) in [5.74, 6) is 1.33. The van der Waals surface area contributed by atoms with Gasteiger partial charge < -0.3 is 10.1 Å².